The monoisotopic (exact) mass is 308 g/mol. The summed E-state index contributed by atoms with van der Waals surface area (Å²) in [5, 5.41) is 0.865. The number of unbranched alkanes of at least 4 members (excludes halogenated alkanes) is 3. The molecule has 3 nitrogen and oxygen atoms in total. The summed E-state index contributed by atoms with van der Waals surface area (Å²) in [6.45, 7) is 8.83. The maximum Gasteiger partial charge on any atom is 0.511 e. The van der Waals surface area contributed by atoms with E-state index in [1.807, 2.05) is 0 Å². The molecule has 0 saturated carbocycles. The average molecular weight is 309 g/mol. The van der Waals surface area contributed by atoms with Crippen LogP contribution in [0.3, 0.4) is 0 Å². The molecule has 5 heteroatoms. The Morgan fingerprint density at radius 2 is 1.11 bits per heavy atom. The van der Waals surface area contributed by atoms with E-state index in [9.17, 15) is 0 Å². The minimum atomic E-state index is -2.44. The van der Waals surface area contributed by atoms with E-state index in [2.05, 4.69) is 27.0 Å². The molecule has 0 aliphatic rings. The van der Waals surface area contributed by atoms with E-state index >= 15 is 0 Å². The van der Waals surface area contributed by atoms with Gasteiger partial charge in [0.25, 0.3) is 0 Å². The van der Waals surface area contributed by atoms with E-state index in [4.69, 9.17) is 13.3 Å². The van der Waals surface area contributed by atoms with Gasteiger partial charge in [-0.25, -0.2) is 0 Å². The first-order valence-corrected chi connectivity index (χ1v) is 11.0. The number of hydrogen-bond acceptors (Lipinski definition) is 4. The second-order valence-electron chi connectivity index (χ2n) is 4.72. The van der Waals surface area contributed by atoms with Crippen molar-refractivity contribution >= 4 is 20.6 Å². The van der Waals surface area contributed by atoms with Crippen molar-refractivity contribution in [3.8, 4) is 0 Å². The van der Waals surface area contributed by atoms with E-state index in [-0.39, 0.29) is 0 Å². The van der Waals surface area contributed by atoms with Gasteiger partial charge in [-0.05, 0) is 25.5 Å². The minimum absolute atomic E-state index is 0.765. The maximum atomic E-state index is 6.08. The van der Waals surface area contributed by atoms with Crippen LogP contribution in [0.2, 0.25) is 0 Å². The molecule has 0 amide bonds. The molecule has 116 valence electrons. The topological polar surface area (TPSA) is 27.7 Å². The van der Waals surface area contributed by atoms with Crippen molar-refractivity contribution in [2.24, 2.45) is 0 Å². The Morgan fingerprint density at radius 1 is 0.737 bits per heavy atom. The first kappa shape index (κ1) is 19.4. The standard InChI is InChI=1S/C14H32O3SSi/c1-5-8-11-15-19(14-18-4,16-12-9-6-2)17-13-10-7-3/h5-14H2,1-4H3. The SMILES string of the molecule is CCCCO[Si](CSC)(OCCCC)OCCCC. The predicted octanol–water partition coefficient (Wildman–Crippen LogP) is 4.28. The normalized spacial score (nSPS) is 12.0. The lowest BCUT2D eigenvalue weighted by Gasteiger charge is -2.29. The summed E-state index contributed by atoms with van der Waals surface area (Å²) in [6.07, 6.45) is 8.78. The van der Waals surface area contributed by atoms with E-state index in [1.54, 1.807) is 11.8 Å². The molecule has 0 aliphatic heterocycles. The van der Waals surface area contributed by atoms with Crippen LogP contribution in [-0.4, -0.2) is 40.3 Å². The van der Waals surface area contributed by atoms with Crippen molar-refractivity contribution in [1.82, 2.24) is 0 Å². The molecule has 19 heavy (non-hydrogen) atoms. The Kier molecular flexibility index (Phi) is 13.7. The van der Waals surface area contributed by atoms with Gasteiger partial charge >= 0.3 is 8.80 Å². The van der Waals surface area contributed by atoms with Gasteiger partial charge in [0.2, 0.25) is 0 Å². The van der Waals surface area contributed by atoms with Gasteiger partial charge in [-0.1, -0.05) is 40.0 Å². The van der Waals surface area contributed by atoms with Crippen molar-refractivity contribution in [1.29, 1.82) is 0 Å². The van der Waals surface area contributed by atoms with Crippen molar-refractivity contribution in [3.05, 3.63) is 0 Å². The quantitative estimate of drug-likeness (QED) is 0.354. The summed E-state index contributed by atoms with van der Waals surface area (Å²) in [4.78, 5) is 0. The zero-order valence-corrected chi connectivity index (χ0v) is 15.0. The van der Waals surface area contributed by atoms with Crippen molar-refractivity contribution < 1.29 is 13.3 Å². The van der Waals surface area contributed by atoms with Gasteiger partial charge in [-0.3, -0.25) is 0 Å². The van der Waals surface area contributed by atoms with E-state index in [1.165, 1.54) is 0 Å². The molecule has 0 aromatic heterocycles. The van der Waals surface area contributed by atoms with Crippen molar-refractivity contribution in [2.75, 3.05) is 31.5 Å². The smallest absolute Gasteiger partial charge is 0.373 e. The van der Waals surface area contributed by atoms with Crippen LogP contribution in [0.25, 0.3) is 0 Å². The van der Waals surface area contributed by atoms with E-state index in [0.717, 1.165) is 63.7 Å². The molecule has 0 rings (SSSR count). The highest BCUT2D eigenvalue weighted by Crippen LogP contribution is 2.17. The van der Waals surface area contributed by atoms with Crippen LogP contribution >= 0.6 is 11.8 Å². The van der Waals surface area contributed by atoms with Gasteiger partial charge < -0.3 is 13.3 Å². The zero-order chi connectivity index (χ0) is 14.4. The molecule has 0 aliphatic carbocycles. The number of rotatable bonds is 14. The summed E-state index contributed by atoms with van der Waals surface area (Å²) in [5.41, 5.74) is 0. The molecule has 0 aromatic carbocycles. The van der Waals surface area contributed by atoms with Crippen LogP contribution in [0.15, 0.2) is 0 Å². The van der Waals surface area contributed by atoms with E-state index < -0.39 is 8.80 Å². The third-order valence-corrected chi connectivity index (χ3v) is 7.28. The second-order valence-corrected chi connectivity index (χ2v) is 8.69. The average Bonchev–Trinajstić information content (AvgIpc) is 2.40. The molecule has 0 atom stereocenters. The molecule has 0 bridgehead atoms. The van der Waals surface area contributed by atoms with Crippen LogP contribution < -0.4 is 0 Å². The third kappa shape index (κ3) is 9.90. The summed E-state index contributed by atoms with van der Waals surface area (Å²) < 4.78 is 18.2. The fraction of sp³-hybridized carbons (Fsp3) is 1.00. The Labute approximate surface area is 125 Å². The highest BCUT2D eigenvalue weighted by Gasteiger charge is 2.40. The summed E-state index contributed by atoms with van der Waals surface area (Å²) >= 11 is 1.77. The largest absolute Gasteiger partial charge is 0.511 e. The Bertz CT molecular complexity index is 167. The lowest BCUT2D eigenvalue weighted by atomic mass is 10.4. The van der Waals surface area contributed by atoms with Gasteiger partial charge in [0.15, 0.2) is 0 Å². The molecule has 0 aromatic rings. The van der Waals surface area contributed by atoms with Gasteiger partial charge in [-0.15, -0.1) is 0 Å². The van der Waals surface area contributed by atoms with E-state index in [0.29, 0.717) is 0 Å². The molecular weight excluding hydrogens is 276 g/mol. The maximum absolute atomic E-state index is 6.08. The Hall–Kier alpha value is 0.447. The number of hydrogen-bond donors (Lipinski definition) is 0. The van der Waals surface area contributed by atoms with Crippen LogP contribution in [0, 0.1) is 0 Å². The van der Waals surface area contributed by atoms with Gasteiger partial charge in [-0.2, -0.15) is 11.8 Å². The first-order chi connectivity index (χ1) is 9.24. The fourth-order valence-electron chi connectivity index (χ4n) is 1.54. The van der Waals surface area contributed by atoms with Gasteiger partial charge in [0.1, 0.15) is 0 Å². The zero-order valence-electron chi connectivity index (χ0n) is 13.2. The first-order valence-electron chi connectivity index (χ1n) is 7.65. The molecule has 0 radical (unpaired) electrons. The molecule has 0 saturated heterocycles. The van der Waals surface area contributed by atoms with Crippen LogP contribution in [0.4, 0.5) is 0 Å². The molecule has 0 fully saturated rings. The third-order valence-electron chi connectivity index (χ3n) is 2.78. The lowest BCUT2D eigenvalue weighted by Crippen LogP contribution is -2.49. The minimum Gasteiger partial charge on any atom is -0.373 e. The predicted molar refractivity (Wildman–Crippen MR) is 86.7 cm³/mol. The van der Waals surface area contributed by atoms with Gasteiger partial charge in [0, 0.05) is 19.8 Å². The lowest BCUT2D eigenvalue weighted by molar-refractivity contribution is 0.0619. The molecule has 0 unspecified atom stereocenters. The van der Waals surface area contributed by atoms with Crippen molar-refractivity contribution in [3.63, 3.8) is 0 Å². The Morgan fingerprint density at radius 3 is 1.37 bits per heavy atom. The summed E-state index contributed by atoms with van der Waals surface area (Å²) in [6, 6.07) is 0. The Balaban J connectivity index is 4.37. The number of thioether (sulfide) groups is 1. The molecule has 0 N–H and O–H groups in total. The fourth-order valence-corrected chi connectivity index (χ4v) is 5.57. The summed E-state index contributed by atoms with van der Waals surface area (Å²) in [7, 11) is -2.44. The molecular formula is C14H32O3SSi. The second kappa shape index (κ2) is 13.4. The summed E-state index contributed by atoms with van der Waals surface area (Å²) in [5.74, 6) is 0. The molecule has 0 spiro atoms. The van der Waals surface area contributed by atoms with Gasteiger partial charge in [0.05, 0.1) is 5.38 Å². The van der Waals surface area contributed by atoms with Crippen LogP contribution in [-0.2, 0) is 13.3 Å². The van der Waals surface area contributed by atoms with Crippen molar-refractivity contribution in [2.45, 2.75) is 59.3 Å². The highest BCUT2D eigenvalue weighted by molar-refractivity contribution is 8.00. The van der Waals surface area contributed by atoms with Crippen LogP contribution in [0.1, 0.15) is 59.3 Å². The highest BCUT2D eigenvalue weighted by atomic mass is 32.2. The van der Waals surface area contributed by atoms with Crippen LogP contribution in [0.5, 0.6) is 0 Å². The molecule has 0 heterocycles.